The molecule has 0 amide bonds. The molecule has 0 fully saturated rings. The second kappa shape index (κ2) is 13.8. The minimum absolute atomic E-state index is 0. The van der Waals surface area contributed by atoms with Gasteiger partial charge in [-0.1, -0.05) is 19.1 Å². The van der Waals surface area contributed by atoms with E-state index in [-0.39, 0.29) is 70.0 Å². The van der Waals surface area contributed by atoms with E-state index in [0.29, 0.717) is 12.0 Å². The number of hydrogen-bond donors (Lipinski definition) is 0. The van der Waals surface area contributed by atoms with Gasteiger partial charge >= 0.3 is 25.4 Å². The molecule has 2 aromatic carbocycles. The quantitative estimate of drug-likeness (QED) is 0.282. The summed E-state index contributed by atoms with van der Waals surface area (Å²) in [5.74, 6) is -1.58. The van der Waals surface area contributed by atoms with E-state index >= 15 is 0 Å². The van der Waals surface area contributed by atoms with Crippen LogP contribution < -0.4 is 4.74 Å². The summed E-state index contributed by atoms with van der Waals surface area (Å²) in [6, 6.07) is 8.21. The van der Waals surface area contributed by atoms with Crippen LogP contribution in [-0.4, -0.2) is 12.6 Å². The Morgan fingerprint density at radius 1 is 1.13 bits per heavy atom. The molecule has 0 saturated carbocycles. The molecule has 0 bridgehead atoms. The molecule has 0 aliphatic heterocycles. The zero-order chi connectivity index (χ0) is 20.0. The number of benzene rings is 2. The van der Waals surface area contributed by atoms with Crippen LogP contribution in [0, 0.1) is 32.0 Å². The summed E-state index contributed by atoms with van der Waals surface area (Å²) >= 11 is 0. The molecule has 0 saturated heterocycles. The summed E-state index contributed by atoms with van der Waals surface area (Å²) in [5.41, 5.74) is 0.154. The zero-order valence-electron chi connectivity index (χ0n) is 17.6. The van der Waals surface area contributed by atoms with Crippen molar-refractivity contribution < 1.29 is 46.9 Å². The first kappa shape index (κ1) is 29.8. The Bertz CT molecular complexity index is 883. The molecule has 0 unspecified atom stereocenters. The monoisotopic (exact) mass is 471 g/mol. The number of alkyl halides is 2. The van der Waals surface area contributed by atoms with Crippen molar-refractivity contribution in [3.8, 4) is 17.6 Å². The minimum atomic E-state index is -2.80. The average Bonchev–Trinajstić information content (AvgIpc) is 2.65. The SMILES string of the molecule is CCOC(=O)Cc1ccc(CC)c(Oc2cc(C#N)cc(C(F)F)c2)c1F.[CH3-].[CH3-].[Zn+2]. The molecule has 8 heteroatoms. The normalized spacial score (nSPS) is 9.50. The van der Waals surface area contributed by atoms with Gasteiger partial charge in [-0.25, -0.2) is 13.2 Å². The Balaban J connectivity index is 0. The van der Waals surface area contributed by atoms with Crippen LogP contribution in [0.5, 0.6) is 11.5 Å². The van der Waals surface area contributed by atoms with E-state index in [1.165, 1.54) is 12.1 Å². The fourth-order valence-electron chi connectivity index (χ4n) is 2.52. The van der Waals surface area contributed by atoms with Crippen LogP contribution in [0.15, 0.2) is 30.3 Å². The molecule has 0 spiro atoms. The maximum Gasteiger partial charge on any atom is 2.00 e. The van der Waals surface area contributed by atoms with Crippen LogP contribution in [0.4, 0.5) is 13.2 Å². The summed E-state index contributed by atoms with van der Waals surface area (Å²) in [6.45, 7) is 3.60. The first-order valence-electron chi connectivity index (χ1n) is 8.36. The molecule has 158 valence electrons. The average molecular weight is 473 g/mol. The number of nitrogens with zero attached hydrogens (tertiary/aromatic N) is 1. The van der Waals surface area contributed by atoms with Crippen LogP contribution in [0.3, 0.4) is 0 Å². The fourth-order valence-corrected chi connectivity index (χ4v) is 2.52. The molecule has 30 heavy (non-hydrogen) atoms. The standard InChI is InChI=1S/C20H18F3NO3.2CH3.Zn/c1-3-13-5-6-14(10-17(25)26-4-2)18(21)19(13)27-16-8-12(11-24)7-15(9-16)20(22)23;;;/h5-9,20H,3-4,10H2,1-2H3;2*1H3;/q;2*-1;+2. The number of esters is 1. The summed E-state index contributed by atoms with van der Waals surface area (Å²) in [6.07, 6.45) is -2.65. The molecule has 0 atom stereocenters. The largest absolute Gasteiger partial charge is 2.00 e. The summed E-state index contributed by atoms with van der Waals surface area (Å²) in [5, 5.41) is 9.01. The smallest absolute Gasteiger partial charge is 0.466 e. The van der Waals surface area contributed by atoms with Gasteiger partial charge < -0.3 is 24.3 Å². The van der Waals surface area contributed by atoms with Crippen LogP contribution in [-0.2, 0) is 41.9 Å². The third-order valence-electron chi connectivity index (χ3n) is 3.81. The molecule has 2 rings (SSSR count). The second-order valence-electron chi connectivity index (χ2n) is 5.67. The number of ether oxygens (including phenoxy) is 2. The van der Waals surface area contributed by atoms with Crippen molar-refractivity contribution in [3.05, 3.63) is 73.3 Å². The van der Waals surface area contributed by atoms with Crippen LogP contribution >= 0.6 is 0 Å². The van der Waals surface area contributed by atoms with Crippen molar-refractivity contribution in [1.29, 1.82) is 5.26 Å². The third-order valence-corrected chi connectivity index (χ3v) is 3.81. The molecular weight excluding hydrogens is 449 g/mol. The molecule has 4 nitrogen and oxygen atoms in total. The molecule has 0 N–H and O–H groups in total. The summed E-state index contributed by atoms with van der Waals surface area (Å²) in [7, 11) is 0. The number of carbonyl (C=O) groups excluding carboxylic acids is 1. The van der Waals surface area contributed by atoms with Gasteiger partial charge in [0, 0.05) is 11.1 Å². The number of halogens is 3. The zero-order valence-corrected chi connectivity index (χ0v) is 20.6. The maximum absolute atomic E-state index is 14.9. The van der Waals surface area contributed by atoms with E-state index in [1.807, 2.05) is 0 Å². The van der Waals surface area contributed by atoms with Gasteiger partial charge in [0.1, 0.15) is 5.75 Å². The predicted molar refractivity (Wildman–Crippen MR) is 105 cm³/mol. The topological polar surface area (TPSA) is 59.3 Å². The van der Waals surface area contributed by atoms with E-state index in [2.05, 4.69) is 0 Å². The van der Waals surface area contributed by atoms with Gasteiger partial charge in [-0.15, -0.1) is 0 Å². The first-order valence-corrected chi connectivity index (χ1v) is 8.36. The van der Waals surface area contributed by atoms with E-state index in [1.54, 1.807) is 26.0 Å². The number of nitriles is 1. The van der Waals surface area contributed by atoms with E-state index in [9.17, 15) is 18.0 Å². The summed E-state index contributed by atoms with van der Waals surface area (Å²) < 4.78 is 51.3. The van der Waals surface area contributed by atoms with Gasteiger partial charge in [-0.2, -0.15) is 5.26 Å². The number of aryl methyl sites for hydroxylation is 1. The molecular formula is C22H24F3NO3Zn. The molecule has 0 aliphatic rings. The van der Waals surface area contributed by atoms with Crippen molar-refractivity contribution in [2.45, 2.75) is 33.1 Å². The third kappa shape index (κ3) is 7.46. The van der Waals surface area contributed by atoms with E-state index in [4.69, 9.17) is 14.7 Å². The van der Waals surface area contributed by atoms with Crippen LogP contribution in [0.2, 0.25) is 0 Å². The Morgan fingerprint density at radius 3 is 2.30 bits per heavy atom. The molecule has 0 radical (unpaired) electrons. The Hall–Kier alpha value is -2.39. The second-order valence-corrected chi connectivity index (χ2v) is 5.67. The Morgan fingerprint density at radius 2 is 1.77 bits per heavy atom. The molecule has 0 aromatic heterocycles. The van der Waals surface area contributed by atoms with Crippen molar-refractivity contribution in [2.24, 2.45) is 0 Å². The van der Waals surface area contributed by atoms with Crippen molar-refractivity contribution in [1.82, 2.24) is 0 Å². The first-order chi connectivity index (χ1) is 12.9. The van der Waals surface area contributed by atoms with Gasteiger partial charge in [0.05, 0.1) is 24.7 Å². The van der Waals surface area contributed by atoms with Gasteiger partial charge in [0.15, 0.2) is 11.6 Å². The van der Waals surface area contributed by atoms with Gasteiger partial charge in [-0.3, -0.25) is 4.79 Å². The summed E-state index contributed by atoms with van der Waals surface area (Å²) in [4.78, 5) is 11.6. The van der Waals surface area contributed by atoms with Crippen LogP contribution in [0.25, 0.3) is 0 Å². The van der Waals surface area contributed by atoms with Crippen molar-refractivity contribution in [2.75, 3.05) is 6.61 Å². The predicted octanol–water partition coefficient (Wildman–Crippen LogP) is 5.99. The molecule has 2 aromatic rings. The van der Waals surface area contributed by atoms with E-state index < -0.39 is 23.8 Å². The van der Waals surface area contributed by atoms with Gasteiger partial charge in [0.2, 0.25) is 0 Å². The van der Waals surface area contributed by atoms with Gasteiger partial charge in [0.25, 0.3) is 6.43 Å². The fraction of sp³-hybridized carbons (Fsp3) is 0.273. The Labute approximate surface area is 188 Å². The minimum Gasteiger partial charge on any atom is -0.466 e. The Kier molecular flexibility index (Phi) is 13.7. The van der Waals surface area contributed by atoms with Crippen molar-refractivity contribution >= 4 is 5.97 Å². The van der Waals surface area contributed by atoms with E-state index in [0.717, 1.165) is 12.1 Å². The number of hydrogen-bond acceptors (Lipinski definition) is 4. The molecule has 0 aliphatic carbocycles. The maximum atomic E-state index is 14.9. The number of carbonyl (C=O) groups is 1. The molecule has 0 heterocycles. The van der Waals surface area contributed by atoms with Crippen molar-refractivity contribution in [3.63, 3.8) is 0 Å². The van der Waals surface area contributed by atoms with Crippen LogP contribution in [0.1, 0.15) is 42.5 Å². The number of rotatable bonds is 7. The van der Waals surface area contributed by atoms with Gasteiger partial charge in [-0.05, 0) is 37.1 Å².